The molecule has 0 bridgehead atoms. The predicted molar refractivity (Wildman–Crippen MR) is 80.0 cm³/mol. The van der Waals surface area contributed by atoms with Gasteiger partial charge >= 0.3 is 0 Å². The second-order valence-electron chi connectivity index (χ2n) is 5.61. The van der Waals surface area contributed by atoms with Crippen LogP contribution in [0.3, 0.4) is 0 Å². The first-order valence-electron chi connectivity index (χ1n) is 7.05. The summed E-state index contributed by atoms with van der Waals surface area (Å²) in [5, 5.41) is 3.19. The van der Waals surface area contributed by atoms with Crippen LogP contribution in [0, 0.1) is 5.82 Å². The van der Waals surface area contributed by atoms with Gasteiger partial charge in [-0.05, 0) is 45.1 Å². The summed E-state index contributed by atoms with van der Waals surface area (Å²) in [6, 6.07) is 4.36. The average Bonchev–Trinajstić information content (AvgIpc) is 3.21. The van der Waals surface area contributed by atoms with E-state index in [9.17, 15) is 12.8 Å². The Morgan fingerprint density at radius 1 is 1.33 bits per heavy atom. The maximum atomic E-state index is 13.7. The topological polar surface area (TPSA) is 61.4 Å². The van der Waals surface area contributed by atoms with Gasteiger partial charge in [0, 0.05) is 31.2 Å². The van der Waals surface area contributed by atoms with Gasteiger partial charge in [-0.2, -0.15) is 0 Å². The van der Waals surface area contributed by atoms with Crippen LogP contribution in [0.2, 0.25) is 0 Å². The van der Waals surface area contributed by atoms with Gasteiger partial charge in [-0.15, -0.1) is 0 Å². The van der Waals surface area contributed by atoms with Gasteiger partial charge in [0.15, 0.2) is 0 Å². The molecule has 1 fully saturated rings. The lowest BCUT2D eigenvalue weighted by Crippen LogP contribution is -2.31. The third-order valence-corrected chi connectivity index (χ3v) is 4.80. The molecule has 0 aliphatic heterocycles. The van der Waals surface area contributed by atoms with E-state index in [1.807, 2.05) is 19.0 Å². The van der Waals surface area contributed by atoms with Crippen molar-refractivity contribution in [2.75, 3.05) is 27.2 Å². The molecule has 0 radical (unpaired) electrons. The predicted octanol–water partition coefficient (Wildman–Crippen LogP) is 0.918. The van der Waals surface area contributed by atoms with Gasteiger partial charge in [-0.3, -0.25) is 0 Å². The quantitative estimate of drug-likeness (QED) is 0.749. The van der Waals surface area contributed by atoms with Crippen LogP contribution in [0.25, 0.3) is 0 Å². The van der Waals surface area contributed by atoms with Crippen molar-refractivity contribution in [3.05, 3.63) is 29.6 Å². The molecule has 5 nitrogen and oxygen atoms in total. The zero-order valence-corrected chi connectivity index (χ0v) is 13.2. The third-order valence-electron chi connectivity index (χ3n) is 3.34. The largest absolute Gasteiger partial charge is 0.310 e. The summed E-state index contributed by atoms with van der Waals surface area (Å²) in [5.74, 6) is -0.379. The van der Waals surface area contributed by atoms with E-state index in [-0.39, 0.29) is 10.7 Å². The summed E-state index contributed by atoms with van der Waals surface area (Å²) in [4.78, 5) is 1.99. The third kappa shape index (κ3) is 5.03. The normalized spacial score (nSPS) is 15.6. The van der Waals surface area contributed by atoms with Gasteiger partial charge in [-0.25, -0.2) is 17.5 Å². The highest BCUT2D eigenvalue weighted by Gasteiger charge is 2.21. The van der Waals surface area contributed by atoms with E-state index < -0.39 is 10.0 Å². The number of likely N-dealkylation sites (N-methyl/N-ethyl adjacent to an activating group) is 1. The maximum absolute atomic E-state index is 13.7. The molecule has 7 heteroatoms. The Hall–Kier alpha value is -1.02. The molecule has 0 heterocycles. The molecule has 118 valence electrons. The molecule has 0 spiro atoms. The fraction of sp³-hybridized carbons (Fsp3) is 0.571. The SMILES string of the molecule is CN(C)CCNS(=O)(=O)c1ccc(F)c(CNC2CC2)c1. The summed E-state index contributed by atoms with van der Waals surface area (Å²) < 4.78 is 40.6. The second-order valence-corrected chi connectivity index (χ2v) is 7.38. The Labute approximate surface area is 125 Å². The number of nitrogens with one attached hydrogen (secondary N) is 2. The zero-order valence-electron chi connectivity index (χ0n) is 12.4. The van der Waals surface area contributed by atoms with Crippen molar-refractivity contribution in [1.82, 2.24) is 14.9 Å². The smallest absolute Gasteiger partial charge is 0.240 e. The van der Waals surface area contributed by atoms with Crippen LogP contribution in [-0.2, 0) is 16.6 Å². The molecule has 0 amide bonds. The highest BCUT2D eigenvalue weighted by Crippen LogP contribution is 2.21. The van der Waals surface area contributed by atoms with Gasteiger partial charge in [0.1, 0.15) is 5.82 Å². The van der Waals surface area contributed by atoms with Crippen LogP contribution in [0.15, 0.2) is 23.1 Å². The molecule has 1 saturated carbocycles. The molecule has 0 atom stereocenters. The summed E-state index contributed by atoms with van der Waals surface area (Å²) in [6.45, 7) is 1.29. The minimum Gasteiger partial charge on any atom is -0.310 e. The number of hydrogen-bond acceptors (Lipinski definition) is 4. The van der Waals surface area contributed by atoms with Crippen molar-refractivity contribution >= 4 is 10.0 Å². The molecule has 2 N–H and O–H groups in total. The summed E-state index contributed by atoms with van der Waals surface area (Å²) in [5.41, 5.74) is 0.386. The van der Waals surface area contributed by atoms with E-state index in [0.717, 1.165) is 12.8 Å². The van der Waals surface area contributed by atoms with Crippen LogP contribution in [-0.4, -0.2) is 46.5 Å². The van der Waals surface area contributed by atoms with Crippen molar-refractivity contribution in [1.29, 1.82) is 0 Å². The van der Waals surface area contributed by atoms with E-state index in [4.69, 9.17) is 0 Å². The van der Waals surface area contributed by atoms with Crippen molar-refractivity contribution < 1.29 is 12.8 Å². The first-order valence-corrected chi connectivity index (χ1v) is 8.53. The van der Waals surface area contributed by atoms with Crippen LogP contribution in [0.4, 0.5) is 4.39 Å². The van der Waals surface area contributed by atoms with Gasteiger partial charge in [0.2, 0.25) is 10.0 Å². The van der Waals surface area contributed by atoms with Gasteiger partial charge in [0.05, 0.1) is 4.90 Å². The molecule has 0 saturated heterocycles. The highest BCUT2D eigenvalue weighted by atomic mass is 32.2. The van der Waals surface area contributed by atoms with Crippen molar-refractivity contribution in [2.45, 2.75) is 30.3 Å². The standard InChI is InChI=1S/C14H22FN3O2S/c1-18(2)8-7-17-21(19,20)13-5-6-14(15)11(9-13)10-16-12-3-4-12/h5-6,9,12,16-17H,3-4,7-8,10H2,1-2H3. The van der Waals surface area contributed by atoms with E-state index in [1.54, 1.807) is 0 Å². The first kappa shape index (κ1) is 16.4. The first-order chi connectivity index (χ1) is 9.88. The maximum Gasteiger partial charge on any atom is 0.240 e. The molecular weight excluding hydrogens is 293 g/mol. The van der Waals surface area contributed by atoms with Gasteiger partial charge < -0.3 is 10.2 Å². The van der Waals surface area contributed by atoms with Crippen molar-refractivity contribution in [3.8, 4) is 0 Å². The molecular formula is C14H22FN3O2S. The average molecular weight is 315 g/mol. The van der Waals surface area contributed by atoms with E-state index in [0.29, 0.717) is 31.2 Å². The highest BCUT2D eigenvalue weighted by molar-refractivity contribution is 7.89. The van der Waals surface area contributed by atoms with Crippen LogP contribution in [0.1, 0.15) is 18.4 Å². The number of sulfonamides is 1. The van der Waals surface area contributed by atoms with Crippen LogP contribution < -0.4 is 10.0 Å². The number of hydrogen-bond donors (Lipinski definition) is 2. The molecule has 2 rings (SSSR count). The summed E-state index contributed by atoms with van der Waals surface area (Å²) in [7, 11) is 0.149. The van der Waals surface area contributed by atoms with Gasteiger partial charge in [-0.1, -0.05) is 0 Å². The minimum absolute atomic E-state index is 0.107. The van der Waals surface area contributed by atoms with Crippen molar-refractivity contribution in [3.63, 3.8) is 0 Å². The summed E-state index contributed by atoms with van der Waals surface area (Å²) in [6.07, 6.45) is 2.21. The number of halogens is 1. The fourth-order valence-corrected chi connectivity index (χ4v) is 2.95. The van der Waals surface area contributed by atoms with E-state index in [1.165, 1.54) is 18.2 Å². The number of rotatable bonds is 8. The Kier molecular flexibility index (Phi) is 5.32. The Balaban J connectivity index is 2.05. The van der Waals surface area contributed by atoms with Gasteiger partial charge in [0.25, 0.3) is 0 Å². The van der Waals surface area contributed by atoms with Crippen molar-refractivity contribution in [2.24, 2.45) is 0 Å². The fourth-order valence-electron chi connectivity index (χ4n) is 1.88. The molecule has 1 aliphatic rings. The van der Waals surface area contributed by atoms with E-state index in [2.05, 4.69) is 10.0 Å². The Morgan fingerprint density at radius 2 is 2.05 bits per heavy atom. The molecule has 21 heavy (non-hydrogen) atoms. The summed E-state index contributed by atoms with van der Waals surface area (Å²) >= 11 is 0. The molecule has 1 aliphatic carbocycles. The minimum atomic E-state index is -3.59. The monoisotopic (exact) mass is 315 g/mol. The molecule has 1 aromatic carbocycles. The molecule has 0 aromatic heterocycles. The lowest BCUT2D eigenvalue weighted by atomic mass is 10.2. The number of benzene rings is 1. The lowest BCUT2D eigenvalue weighted by molar-refractivity contribution is 0.412. The Morgan fingerprint density at radius 3 is 2.67 bits per heavy atom. The van der Waals surface area contributed by atoms with Crippen LogP contribution >= 0.6 is 0 Å². The zero-order chi connectivity index (χ0) is 15.5. The second kappa shape index (κ2) is 6.83. The number of nitrogens with zero attached hydrogens (tertiary/aromatic N) is 1. The van der Waals surface area contributed by atoms with E-state index >= 15 is 0 Å². The molecule has 0 unspecified atom stereocenters. The lowest BCUT2D eigenvalue weighted by Gasteiger charge is -2.12. The van der Waals surface area contributed by atoms with Crippen LogP contribution in [0.5, 0.6) is 0 Å². The molecule has 1 aromatic rings. The Bertz CT molecular complexity index is 586.